The minimum absolute atomic E-state index is 0.803. The molecule has 0 amide bonds. The normalized spacial score (nSPS) is 16.8. The van der Waals surface area contributed by atoms with Crippen LogP contribution in [-0.4, -0.2) is 26.8 Å². The lowest BCUT2D eigenvalue weighted by molar-refractivity contribution is 0.251. The third kappa shape index (κ3) is 3.93. The highest BCUT2D eigenvalue weighted by Crippen LogP contribution is 2.20. The Morgan fingerprint density at radius 2 is 2.00 bits per heavy atom. The van der Waals surface area contributed by atoms with Crippen molar-refractivity contribution in [1.82, 2.24) is 5.32 Å². The van der Waals surface area contributed by atoms with Crippen molar-refractivity contribution in [2.45, 2.75) is 19.3 Å². The van der Waals surface area contributed by atoms with E-state index in [9.17, 15) is 0 Å². The zero-order valence-corrected chi connectivity index (χ0v) is 10.4. The average molecular weight is 235 g/mol. The van der Waals surface area contributed by atoms with Crippen molar-refractivity contribution in [3.05, 3.63) is 24.3 Å². The van der Waals surface area contributed by atoms with Gasteiger partial charge in [0.25, 0.3) is 0 Å². The van der Waals surface area contributed by atoms with Crippen molar-refractivity contribution in [2.24, 2.45) is 5.92 Å². The van der Waals surface area contributed by atoms with Gasteiger partial charge in [-0.3, -0.25) is 0 Å². The van der Waals surface area contributed by atoms with Gasteiger partial charge in [-0.2, -0.15) is 0 Å². The van der Waals surface area contributed by atoms with Gasteiger partial charge in [0, 0.05) is 6.07 Å². The quantitative estimate of drug-likeness (QED) is 0.850. The number of hydrogen-bond donors (Lipinski definition) is 1. The molecular formula is C14H21NO2. The number of methoxy groups -OCH3 is 1. The Bertz CT molecular complexity index is 335. The van der Waals surface area contributed by atoms with Crippen LogP contribution >= 0.6 is 0 Å². The highest BCUT2D eigenvalue weighted by atomic mass is 16.5. The van der Waals surface area contributed by atoms with Crippen LogP contribution < -0.4 is 14.8 Å². The zero-order chi connectivity index (χ0) is 11.9. The molecule has 1 aliphatic rings. The summed E-state index contributed by atoms with van der Waals surface area (Å²) in [6.45, 7) is 3.12. The Morgan fingerprint density at radius 1 is 1.24 bits per heavy atom. The molecule has 3 heteroatoms. The smallest absolute Gasteiger partial charge is 0.122 e. The molecular weight excluding hydrogens is 214 g/mol. The molecule has 0 saturated carbocycles. The van der Waals surface area contributed by atoms with Gasteiger partial charge in [0.15, 0.2) is 0 Å². The van der Waals surface area contributed by atoms with Crippen molar-refractivity contribution in [2.75, 3.05) is 26.8 Å². The largest absolute Gasteiger partial charge is 0.497 e. The van der Waals surface area contributed by atoms with E-state index in [0.29, 0.717) is 0 Å². The summed E-state index contributed by atoms with van der Waals surface area (Å²) in [6.07, 6.45) is 3.71. The molecule has 0 bridgehead atoms. The van der Waals surface area contributed by atoms with E-state index < -0.39 is 0 Å². The summed E-state index contributed by atoms with van der Waals surface area (Å²) in [5, 5.41) is 3.38. The molecule has 17 heavy (non-hydrogen) atoms. The maximum atomic E-state index is 5.75. The van der Waals surface area contributed by atoms with E-state index in [1.165, 1.54) is 12.8 Å². The van der Waals surface area contributed by atoms with Gasteiger partial charge in [-0.25, -0.2) is 0 Å². The van der Waals surface area contributed by atoms with Crippen molar-refractivity contribution in [3.8, 4) is 11.5 Å². The second-order valence-electron chi connectivity index (χ2n) is 4.51. The second kappa shape index (κ2) is 6.50. The highest BCUT2D eigenvalue weighted by Gasteiger charge is 2.12. The first-order valence-corrected chi connectivity index (χ1v) is 6.36. The van der Waals surface area contributed by atoms with Crippen LogP contribution in [0, 0.1) is 5.92 Å². The first-order valence-electron chi connectivity index (χ1n) is 6.36. The highest BCUT2D eigenvalue weighted by molar-refractivity contribution is 5.32. The van der Waals surface area contributed by atoms with Crippen molar-refractivity contribution < 1.29 is 9.47 Å². The van der Waals surface area contributed by atoms with E-state index in [0.717, 1.165) is 43.5 Å². The van der Waals surface area contributed by atoms with Crippen LogP contribution in [0.5, 0.6) is 11.5 Å². The van der Waals surface area contributed by atoms with Gasteiger partial charge < -0.3 is 14.8 Å². The summed E-state index contributed by atoms with van der Waals surface area (Å²) in [7, 11) is 1.67. The molecule has 0 radical (unpaired) electrons. The molecule has 1 heterocycles. The van der Waals surface area contributed by atoms with Crippen LogP contribution in [-0.2, 0) is 0 Å². The predicted octanol–water partition coefficient (Wildman–Crippen LogP) is 2.46. The third-order valence-electron chi connectivity index (χ3n) is 3.29. The molecule has 2 rings (SSSR count). The zero-order valence-electron chi connectivity index (χ0n) is 10.4. The summed E-state index contributed by atoms with van der Waals surface area (Å²) < 4.78 is 10.9. The first kappa shape index (κ1) is 12.2. The van der Waals surface area contributed by atoms with E-state index in [4.69, 9.17) is 9.47 Å². The Balaban J connectivity index is 1.73. The molecule has 1 aliphatic heterocycles. The van der Waals surface area contributed by atoms with Crippen LogP contribution in [0.4, 0.5) is 0 Å². The van der Waals surface area contributed by atoms with E-state index in [1.54, 1.807) is 7.11 Å². The topological polar surface area (TPSA) is 30.5 Å². The van der Waals surface area contributed by atoms with Crippen molar-refractivity contribution in [1.29, 1.82) is 0 Å². The second-order valence-corrected chi connectivity index (χ2v) is 4.51. The van der Waals surface area contributed by atoms with E-state index in [-0.39, 0.29) is 0 Å². The fraction of sp³-hybridized carbons (Fsp3) is 0.571. The number of rotatable bonds is 5. The molecule has 0 atom stereocenters. The van der Waals surface area contributed by atoms with E-state index in [1.807, 2.05) is 24.3 Å². The van der Waals surface area contributed by atoms with Gasteiger partial charge >= 0.3 is 0 Å². The lowest BCUT2D eigenvalue weighted by Crippen LogP contribution is -2.28. The average Bonchev–Trinajstić information content (AvgIpc) is 2.40. The Morgan fingerprint density at radius 3 is 2.76 bits per heavy atom. The molecule has 94 valence electrons. The number of hydrogen-bond acceptors (Lipinski definition) is 3. The molecule has 1 N–H and O–H groups in total. The van der Waals surface area contributed by atoms with Gasteiger partial charge in [-0.1, -0.05) is 6.07 Å². The molecule has 0 unspecified atom stereocenters. The number of piperidine rings is 1. The fourth-order valence-electron chi connectivity index (χ4n) is 2.20. The standard InChI is InChI=1S/C14H21NO2/c1-16-13-3-2-4-14(11-13)17-10-7-12-5-8-15-9-6-12/h2-4,11-12,15H,5-10H2,1H3. The number of nitrogens with one attached hydrogen (secondary N) is 1. The van der Waals surface area contributed by atoms with Crippen molar-refractivity contribution in [3.63, 3.8) is 0 Å². The molecule has 0 aliphatic carbocycles. The molecule has 1 saturated heterocycles. The summed E-state index contributed by atoms with van der Waals surface area (Å²) in [4.78, 5) is 0. The van der Waals surface area contributed by atoms with Crippen molar-refractivity contribution >= 4 is 0 Å². The first-order chi connectivity index (χ1) is 8.38. The summed E-state index contributed by atoms with van der Waals surface area (Å²) >= 11 is 0. The summed E-state index contributed by atoms with van der Waals surface area (Å²) in [6, 6.07) is 7.80. The summed E-state index contributed by atoms with van der Waals surface area (Å²) in [5.41, 5.74) is 0. The Hall–Kier alpha value is -1.22. The van der Waals surface area contributed by atoms with Gasteiger partial charge in [0.1, 0.15) is 11.5 Å². The van der Waals surface area contributed by atoms with Crippen LogP contribution in [0.1, 0.15) is 19.3 Å². The molecule has 1 fully saturated rings. The molecule has 1 aromatic carbocycles. The fourth-order valence-corrected chi connectivity index (χ4v) is 2.20. The van der Waals surface area contributed by atoms with E-state index >= 15 is 0 Å². The maximum absolute atomic E-state index is 5.75. The Kier molecular flexibility index (Phi) is 4.68. The monoisotopic (exact) mass is 235 g/mol. The maximum Gasteiger partial charge on any atom is 0.122 e. The van der Waals surface area contributed by atoms with Gasteiger partial charge in [0.05, 0.1) is 13.7 Å². The van der Waals surface area contributed by atoms with Gasteiger partial charge in [-0.15, -0.1) is 0 Å². The lowest BCUT2D eigenvalue weighted by Gasteiger charge is -2.22. The van der Waals surface area contributed by atoms with Crippen LogP contribution in [0.3, 0.4) is 0 Å². The Labute approximate surface area is 103 Å². The van der Waals surface area contributed by atoms with Crippen LogP contribution in [0.2, 0.25) is 0 Å². The minimum Gasteiger partial charge on any atom is -0.497 e. The molecule has 1 aromatic rings. The minimum atomic E-state index is 0.803. The number of benzene rings is 1. The predicted molar refractivity (Wildman–Crippen MR) is 68.7 cm³/mol. The lowest BCUT2D eigenvalue weighted by atomic mass is 9.95. The van der Waals surface area contributed by atoms with Gasteiger partial charge in [0.2, 0.25) is 0 Å². The van der Waals surface area contributed by atoms with Crippen LogP contribution in [0.25, 0.3) is 0 Å². The molecule has 0 aromatic heterocycles. The number of ether oxygens (including phenoxy) is 2. The van der Waals surface area contributed by atoms with Crippen LogP contribution in [0.15, 0.2) is 24.3 Å². The van der Waals surface area contributed by atoms with Gasteiger partial charge in [-0.05, 0) is 50.4 Å². The molecule has 3 nitrogen and oxygen atoms in total. The summed E-state index contributed by atoms with van der Waals surface area (Å²) in [5.74, 6) is 2.57. The molecule has 0 spiro atoms. The SMILES string of the molecule is COc1cccc(OCCC2CCNCC2)c1. The third-order valence-corrected chi connectivity index (χ3v) is 3.29. The van der Waals surface area contributed by atoms with E-state index in [2.05, 4.69) is 5.32 Å².